The van der Waals surface area contributed by atoms with Crippen molar-refractivity contribution in [1.29, 1.82) is 0 Å². The Morgan fingerprint density at radius 2 is 1.72 bits per heavy atom. The lowest BCUT2D eigenvalue weighted by atomic mass is 9.80. The van der Waals surface area contributed by atoms with Gasteiger partial charge in [-0.05, 0) is 51.7 Å². The molecule has 1 saturated carbocycles. The molecule has 1 atom stereocenters. The number of hydroxylamine groups is 2. The highest BCUT2D eigenvalue weighted by Gasteiger charge is 2.49. The molecule has 1 aromatic carbocycles. The lowest BCUT2D eigenvalue weighted by molar-refractivity contribution is -0.170. The predicted octanol–water partition coefficient (Wildman–Crippen LogP) is 2.21. The van der Waals surface area contributed by atoms with Gasteiger partial charge in [-0.15, -0.1) is 5.06 Å². The van der Waals surface area contributed by atoms with Crippen molar-refractivity contribution in [2.24, 2.45) is 0 Å². The molecule has 0 unspecified atom stereocenters. The molecule has 2 aromatic rings. The zero-order valence-electron chi connectivity index (χ0n) is 25.3. The number of halogens is 2. The number of aliphatic carboxylic acids is 1. The predicted molar refractivity (Wildman–Crippen MR) is 152 cm³/mol. The van der Waals surface area contributed by atoms with Gasteiger partial charge in [0.2, 0.25) is 17.4 Å². The van der Waals surface area contributed by atoms with Crippen molar-refractivity contribution < 1.29 is 56.9 Å². The molecular weight excluding hydrogens is 616 g/mol. The number of carboxylic acids is 1. The number of piperazine rings is 1. The van der Waals surface area contributed by atoms with Crippen LogP contribution in [0.5, 0.6) is 5.88 Å². The first-order valence-corrected chi connectivity index (χ1v) is 14.8. The summed E-state index contributed by atoms with van der Waals surface area (Å²) in [6, 6.07) is 2.52. The van der Waals surface area contributed by atoms with Crippen molar-refractivity contribution in [3.8, 4) is 11.6 Å². The number of amides is 2. The van der Waals surface area contributed by atoms with Gasteiger partial charge in [0.05, 0.1) is 26.3 Å². The van der Waals surface area contributed by atoms with Crippen LogP contribution < -0.4 is 10.1 Å². The van der Waals surface area contributed by atoms with Crippen LogP contribution in [-0.2, 0) is 28.7 Å². The summed E-state index contributed by atoms with van der Waals surface area (Å²) in [5, 5.41) is 17.2. The van der Waals surface area contributed by atoms with E-state index in [1.54, 1.807) is 13.8 Å². The first-order chi connectivity index (χ1) is 22.0. The number of nitrogens with zero attached hydrogens (tertiary/aromatic N) is 4. The molecule has 2 heterocycles. The van der Waals surface area contributed by atoms with Crippen LogP contribution in [0.4, 0.5) is 13.6 Å². The molecule has 1 aromatic heterocycles. The van der Waals surface area contributed by atoms with Crippen molar-refractivity contribution in [3.05, 3.63) is 41.6 Å². The molecule has 15 nitrogen and oxygen atoms in total. The zero-order valence-corrected chi connectivity index (χ0v) is 25.3. The number of carbonyl (C=O) groups excluding carboxylic acids is 4. The van der Waals surface area contributed by atoms with E-state index >= 15 is 0 Å². The minimum Gasteiger partial charge on any atom is -0.481 e. The van der Waals surface area contributed by atoms with Crippen LogP contribution in [0, 0.1) is 11.6 Å². The van der Waals surface area contributed by atoms with E-state index in [9.17, 15) is 37.9 Å². The number of hydrogen-bond acceptors (Lipinski definition) is 11. The van der Waals surface area contributed by atoms with Crippen LogP contribution in [0.3, 0.4) is 0 Å². The standard InChI is InChI=1S/C29H35F2N5O10/c1-3-43-27(41)29(10-5-11-29)45-23-17-21(33-36(23)22-8-6-18(30)16-19(22)31)25(39)32-20(7-9-24(37)38)26(40)34-12-14-35(15-13-34)46-28(42)44-4-2/h6,8,16-17,20H,3-5,7,9-15H2,1-2H3,(H,32,39)(H,37,38)/t20-/m0/s1. The summed E-state index contributed by atoms with van der Waals surface area (Å²) in [4.78, 5) is 69.0. The second-order valence-corrected chi connectivity index (χ2v) is 10.5. The van der Waals surface area contributed by atoms with Gasteiger partial charge in [-0.3, -0.25) is 14.4 Å². The Labute approximate surface area is 262 Å². The van der Waals surface area contributed by atoms with Crippen molar-refractivity contribution in [3.63, 3.8) is 0 Å². The fourth-order valence-electron chi connectivity index (χ4n) is 4.91. The highest BCUT2D eigenvalue weighted by atomic mass is 19.1. The monoisotopic (exact) mass is 651 g/mol. The smallest absolute Gasteiger partial charge is 0.481 e. The molecule has 2 fully saturated rings. The molecule has 0 bridgehead atoms. The van der Waals surface area contributed by atoms with E-state index in [0.29, 0.717) is 12.5 Å². The number of benzene rings is 1. The zero-order chi connectivity index (χ0) is 33.4. The lowest BCUT2D eigenvalue weighted by Crippen LogP contribution is -2.55. The molecule has 1 saturated heterocycles. The fourth-order valence-corrected chi connectivity index (χ4v) is 4.91. The number of hydrogen-bond donors (Lipinski definition) is 2. The van der Waals surface area contributed by atoms with Gasteiger partial charge in [0.25, 0.3) is 5.91 Å². The number of carboxylic acid groups (broad SMARTS) is 1. The first-order valence-electron chi connectivity index (χ1n) is 14.8. The van der Waals surface area contributed by atoms with Crippen LogP contribution in [0.1, 0.15) is 56.4 Å². The van der Waals surface area contributed by atoms with Gasteiger partial charge in [-0.25, -0.2) is 18.4 Å². The molecule has 17 heteroatoms. The van der Waals surface area contributed by atoms with Crippen LogP contribution >= 0.6 is 0 Å². The average molecular weight is 652 g/mol. The maximum absolute atomic E-state index is 14.9. The summed E-state index contributed by atoms with van der Waals surface area (Å²) < 4.78 is 45.4. The number of esters is 1. The maximum Gasteiger partial charge on any atom is 0.527 e. The van der Waals surface area contributed by atoms with Crippen molar-refractivity contribution in [2.45, 2.75) is 57.6 Å². The second kappa shape index (κ2) is 15.0. The quantitative estimate of drug-likeness (QED) is 0.302. The van der Waals surface area contributed by atoms with Gasteiger partial charge < -0.3 is 34.4 Å². The number of ether oxygens (including phenoxy) is 3. The van der Waals surface area contributed by atoms with Gasteiger partial charge in [0, 0.05) is 31.6 Å². The third-order valence-corrected chi connectivity index (χ3v) is 7.42. The Bertz CT molecular complexity index is 1460. The summed E-state index contributed by atoms with van der Waals surface area (Å²) >= 11 is 0. The first kappa shape index (κ1) is 34.1. The minimum atomic E-state index is -1.41. The van der Waals surface area contributed by atoms with E-state index in [0.717, 1.165) is 22.9 Å². The number of aromatic nitrogens is 2. The summed E-state index contributed by atoms with van der Waals surface area (Å²) in [7, 11) is 0. The van der Waals surface area contributed by atoms with Crippen LogP contribution in [0.25, 0.3) is 5.69 Å². The molecule has 2 amide bonds. The van der Waals surface area contributed by atoms with E-state index in [1.165, 1.54) is 9.96 Å². The number of carbonyl (C=O) groups is 5. The van der Waals surface area contributed by atoms with E-state index < -0.39 is 59.6 Å². The van der Waals surface area contributed by atoms with E-state index in [2.05, 4.69) is 10.4 Å². The Balaban J connectivity index is 1.56. The van der Waals surface area contributed by atoms with Crippen LogP contribution in [0.2, 0.25) is 0 Å². The highest BCUT2D eigenvalue weighted by Crippen LogP contribution is 2.39. The summed E-state index contributed by atoms with van der Waals surface area (Å²) in [6.07, 6.45) is -0.386. The second-order valence-electron chi connectivity index (χ2n) is 10.5. The van der Waals surface area contributed by atoms with E-state index in [1.807, 2.05) is 0 Å². The number of nitrogens with one attached hydrogen (secondary N) is 1. The summed E-state index contributed by atoms with van der Waals surface area (Å²) in [6.45, 7) is 3.94. The molecule has 0 spiro atoms. The molecule has 250 valence electrons. The molecule has 2 aliphatic rings. The molecule has 2 N–H and O–H groups in total. The third-order valence-electron chi connectivity index (χ3n) is 7.42. The van der Waals surface area contributed by atoms with Crippen LogP contribution in [-0.4, -0.2) is 106 Å². The third kappa shape index (κ3) is 8.07. The summed E-state index contributed by atoms with van der Waals surface area (Å²) in [5.74, 6) is -5.44. The minimum absolute atomic E-state index is 0.0860. The molecule has 0 radical (unpaired) electrons. The largest absolute Gasteiger partial charge is 0.527 e. The van der Waals surface area contributed by atoms with Crippen molar-refractivity contribution in [1.82, 2.24) is 25.1 Å². The van der Waals surface area contributed by atoms with E-state index in [4.69, 9.17) is 19.0 Å². The molecular formula is C29H35F2N5O10. The SMILES string of the molecule is CCOC(=O)ON1CCN(C(=O)[C@H](CCC(=O)O)NC(=O)c2cc(OC3(C(=O)OCC)CCC3)n(-c3ccc(F)cc3F)n2)CC1. The highest BCUT2D eigenvalue weighted by molar-refractivity contribution is 5.96. The summed E-state index contributed by atoms with van der Waals surface area (Å²) in [5.41, 5.74) is -2.04. The molecule has 46 heavy (non-hydrogen) atoms. The van der Waals surface area contributed by atoms with Crippen molar-refractivity contribution in [2.75, 3.05) is 39.4 Å². The van der Waals surface area contributed by atoms with Gasteiger partial charge in [-0.1, -0.05) is 0 Å². The van der Waals surface area contributed by atoms with Crippen LogP contribution in [0.15, 0.2) is 24.3 Å². The van der Waals surface area contributed by atoms with E-state index in [-0.39, 0.29) is 75.9 Å². The Morgan fingerprint density at radius 1 is 1.02 bits per heavy atom. The van der Waals surface area contributed by atoms with Gasteiger partial charge >= 0.3 is 18.1 Å². The fraction of sp³-hybridized carbons (Fsp3) is 0.517. The van der Waals surface area contributed by atoms with Gasteiger partial charge in [0.15, 0.2) is 11.5 Å². The Hall–Kier alpha value is -4.80. The molecule has 1 aliphatic heterocycles. The normalized spacial score (nSPS) is 16.5. The molecule has 4 rings (SSSR count). The number of rotatable bonds is 13. The average Bonchev–Trinajstić information content (AvgIpc) is 3.40. The van der Waals surface area contributed by atoms with Gasteiger partial charge in [-0.2, -0.15) is 9.78 Å². The maximum atomic E-state index is 14.9. The van der Waals surface area contributed by atoms with Gasteiger partial charge in [0.1, 0.15) is 17.5 Å². The topological polar surface area (TPSA) is 179 Å². The Kier molecular flexibility index (Phi) is 11.1. The lowest BCUT2D eigenvalue weighted by Gasteiger charge is -2.38. The van der Waals surface area contributed by atoms with Crippen molar-refractivity contribution >= 4 is 29.9 Å². The molecule has 1 aliphatic carbocycles. The Morgan fingerprint density at radius 3 is 2.30 bits per heavy atom.